The Hall–Kier alpha value is -4.18. The van der Waals surface area contributed by atoms with E-state index in [-0.39, 0.29) is 11.4 Å². The van der Waals surface area contributed by atoms with Crippen molar-refractivity contribution >= 4 is 44.7 Å². The maximum absolute atomic E-state index is 12.4. The third kappa shape index (κ3) is 5.67. The highest BCUT2D eigenvalue weighted by molar-refractivity contribution is 9.10. The summed E-state index contributed by atoms with van der Waals surface area (Å²) in [5.74, 6) is 0.446. The van der Waals surface area contributed by atoms with Crippen LogP contribution in [0, 0.1) is 17.0 Å². The van der Waals surface area contributed by atoms with Crippen LogP contribution in [0.4, 0.5) is 5.69 Å². The summed E-state index contributed by atoms with van der Waals surface area (Å²) in [5, 5.41) is 15.4. The number of hydrogen-bond acceptors (Lipinski definition) is 7. The van der Waals surface area contributed by atoms with Gasteiger partial charge in [0.2, 0.25) is 0 Å². The van der Waals surface area contributed by atoms with E-state index in [2.05, 4.69) is 32.5 Å². The van der Waals surface area contributed by atoms with Crippen LogP contribution in [0.5, 0.6) is 11.5 Å². The van der Waals surface area contributed by atoms with E-state index in [1.807, 2.05) is 25.1 Å². The molecule has 0 radical (unpaired) electrons. The second-order valence-electron chi connectivity index (χ2n) is 7.59. The highest BCUT2D eigenvalue weighted by Crippen LogP contribution is 2.33. The summed E-state index contributed by atoms with van der Waals surface area (Å²) in [7, 11) is 1.54. The van der Waals surface area contributed by atoms with E-state index in [0.717, 1.165) is 11.1 Å². The Balaban J connectivity index is 1.45. The standard InChI is InChI=1S/C25H20BrN3O6/c1-15-4-3-5-16(8-15)14-34-23-12-20(26)18(11-22(23)33-2)13-27-28-25(30)24-10-17-9-19(29(31)32)6-7-21(17)35-24/h3-13H,14H2,1-2H3,(H,28,30)/b27-13-. The Morgan fingerprint density at radius 1 is 1.17 bits per heavy atom. The van der Waals surface area contributed by atoms with Crippen LogP contribution in [0.15, 0.2) is 74.7 Å². The number of nitro benzene ring substituents is 1. The number of fused-ring (bicyclic) bond motifs is 1. The largest absolute Gasteiger partial charge is 0.493 e. The van der Waals surface area contributed by atoms with Crippen LogP contribution in [0.2, 0.25) is 0 Å². The van der Waals surface area contributed by atoms with Gasteiger partial charge < -0.3 is 13.9 Å². The average Bonchev–Trinajstić information content (AvgIpc) is 3.27. The van der Waals surface area contributed by atoms with Gasteiger partial charge in [0.15, 0.2) is 17.3 Å². The molecule has 1 amide bonds. The predicted octanol–water partition coefficient (Wildman–Crippen LogP) is 5.76. The third-order valence-electron chi connectivity index (χ3n) is 5.06. The molecule has 1 aromatic heterocycles. The van der Waals surface area contributed by atoms with Crippen LogP contribution in [0.3, 0.4) is 0 Å². The molecule has 0 aliphatic rings. The van der Waals surface area contributed by atoms with E-state index in [1.54, 1.807) is 12.1 Å². The van der Waals surface area contributed by atoms with Crippen LogP contribution >= 0.6 is 15.9 Å². The second kappa shape index (κ2) is 10.4. The molecule has 0 aliphatic carbocycles. The van der Waals surface area contributed by atoms with Gasteiger partial charge in [-0.2, -0.15) is 5.10 Å². The number of furan rings is 1. The number of nitrogens with one attached hydrogen (secondary N) is 1. The van der Waals surface area contributed by atoms with Gasteiger partial charge in [-0.3, -0.25) is 14.9 Å². The van der Waals surface area contributed by atoms with Crippen molar-refractivity contribution in [1.82, 2.24) is 5.43 Å². The minimum absolute atomic E-state index is 0.0193. The van der Waals surface area contributed by atoms with Gasteiger partial charge in [0, 0.05) is 27.6 Å². The van der Waals surface area contributed by atoms with Gasteiger partial charge in [-0.1, -0.05) is 29.8 Å². The van der Waals surface area contributed by atoms with Crippen molar-refractivity contribution in [2.75, 3.05) is 7.11 Å². The zero-order chi connectivity index (χ0) is 24.9. The molecule has 4 rings (SSSR count). The van der Waals surface area contributed by atoms with Crippen LogP contribution in [-0.4, -0.2) is 24.2 Å². The van der Waals surface area contributed by atoms with Crippen LogP contribution in [-0.2, 0) is 6.61 Å². The molecule has 0 saturated heterocycles. The number of rotatable bonds is 8. The molecule has 1 heterocycles. The maximum atomic E-state index is 12.4. The number of aryl methyl sites for hydroxylation is 1. The van der Waals surface area contributed by atoms with E-state index in [0.29, 0.717) is 39.1 Å². The molecule has 10 heteroatoms. The summed E-state index contributed by atoms with van der Waals surface area (Å²) in [6.45, 7) is 2.41. The van der Waals surface area contributed by atoms with Gasteiger partial charge in [-0.05, 0) is 52.7 Å². The first-order valence-electron chi connectivity index (χ1n) is 10.4. The molecule has 0 bridgehead atoms. The molecular formula is C25H20BrN3O6. The van der Waals surface area contributed by atoms with E-state index in [1.165, 1.54) is 37.6 Å². The Morgan fingerprint density at radius 2 is 2.00 bits per heavy atom. The van der Waals surface area contributed by atoms with E-state index in [4.69, 9.17) is 13.9 Å². The molecule has 0 aliphatic heterocycles. The Bertz CT molecular complexity index is 1450. The first kappa shape index (κ1) is 24.0. The Labute approximate surface area is 208 Å². The zero-order valence-corrected chi connectivity index (χ0v) is 20.4. The minimum atomic E-state index is -0.596. The smallest absolute Gasteiger partial charge is 0.307 e. The first-order chi connectivity index (χ1) is 16.8. The number of amides is 1. The summed E-state index contributed by atoms with van der Waals surface area (Å²) in [5.41, 5.74) is 5.49. The topological polar surface area (TPSA) is 116 Å². The van der Waals surface area contributed by atoms with Crippen molar-refractivity contribution in [3.05, 3.63) is 97.7 Å². The van der Waals surface area contributed by atoms with Crippen molar-refractivity contribution in [2.45, 2.75) is 13.5 Å². The molecule has 3 aromatic carbocycles. The normalized spacial score (nSPS) is 11.1. The van der Waals surface area contributed by atoms with E-state index in [9.17, 15) is 14.9 Å². The van der Waals surface area contributed by atoms with Gasteiger partial charge in [0.25, 0.3) is 5.69 Å². The Kier molecular flexibility index (Phi) is 7.11. The fourth-order valence-electron chi connectivity index (χ4n) is 3.36. The number of hydrazone groups is 1. The van der Waals surface area contributed by atoms with Gasteiger partial charge >= 0.3 is 5.91 Å². The van der Waals surface area contributed by atoms with E-state index < -0.39 is 10.8 Å². The Morgan fingerprint density at radius 3 is 2.74 bits per heavy atom. The number of benzene rings is 3. The lowest BCUT2D eigenvalue weighted by atomic mass is 10.1. The summed E-state index contributed by atoms with van der Waals surface area (Å²) in [4.78, 5) is 22.8. The number of carbonyl (C=O) groups is 1. The van der Waals surface area contributed by atoms with E-state index >= 15 is 0 Å². The number of nitro groups is 1. The lowest BCUT2D eigenvalue weighted by Gasteiger charge is -2.13. The molecular weight excluding hydrogens is 518 g/mol. The predicted molar refractivity (Wildman–Crippen MR) is 134 cm³/mol. The lowest BCUT2D eigenvalue weighted by molar-refractivity contribution is -0.384. The van der Waals surface area contributed by atoms with Crippen molar-refractivity contribution in [1.29, 1.82) is 0 Å². The van der Waals surface area contributed by atoms with Crippen LogP contribution < -0.4 is 14.9 Å². The van der Waals surface area contributed by atoms with Gasteiger partial charge in [-0.15, -0.1) is 0 Å². The maximum Gasteiger partial charge on any atom is 0.307 e. The van der Waals surface area contributed by atoms with Crippen molar-refractivity contribution in [3.8, 4) is 11.5 Å². The fraction of sp³-hybridized carbons (Fsp3) is 0.120. The molecule has 4 aromatic rings. The molecule has 9 nitrogen and oxygen atoms in total. The molecule has 178 valence electrons. The fourth-order valence-corrected chi connectivity index (χ4v) is 3.78. The van der Waals surface area contributed by atoms with Crippen molar-refractivity contribution in [3.63, 3.8) is 0 Å². The second-order valence-corrected chi connectivity index (χ2v) is 8.45. The van der Waals surface area contributed by atoms with Crippen molar-refractivity contribution in [2.24, 2.45) is 5.10 Å². The quantitative estimate of drug-likeness (QED) is 0.173. The number of halogens is 1. The highest BCUT2D eigenvalue weighted by Gasteiger charge is 2.15. The summed E-state index contributed by atoms with van der Waals surface area (Å²) in [6.07, 6.45) is 1.45. The molecule has 0 atom stereocenters. The number of carbonyl (C=O) groups excluding carboxylic acids is 1. The number of ether oxygens (including phenoxy) is 2. The average molecular weight is 538 g/mol. The monoisotopic (exact) mass is 537 g/mol. The van der Waals surface area contributed by atoms with Gasteiger partial charge in [0.05, 0.1) is 18.2 Å². The minimum Gasteiger partial charge on any atom is -0.493 e. The summed E-state index contributed by atoms with van der Waals surface area (Å²) in [6, 6.07) is 17.0. The first-order valence-corrected chi connectivity index (χ1v) is 11.2. The van der Waals surface area contributed by atoms with Crippen LogP contribution in [0.1, 0.15) is 27.2 Å². The summed E-state index contributed by atoms with van der Waals surface area (Å²) >= 11 is 3.49. The molecule has 1 N–H and O–H groups in total. The number of nitrogens with zero attached hydrogens (tertiary/aromatic N) is 2. The highest BCUT2D eigenvalue weighted by atomic mass is 79.9. The molecule has 0 spiro atoms. The van der Waals surface area contributed by atoms with Gasteiger partial charge in [-0.25, -0.2) is 5.43 Å². The number of methoxy groups -OCH3 is 1. The molecule has 35 heavy (non-hydrogen) atoms. The van der Waals surface area contributed by atoms with Crippen LogP contribution in [0.25, 0.3) is 11.0 Å². The number of hydrogen-bond donors (Lipinski definition) is 1. The number of non-ortho nitro benzene ring substituents is 1. The third-order valence-corrected chi connectivity index (χ3v) is 5.75. The SMILES string of the molecule is COc1cc(/C=N\NC(=O)c2cc3cc([N+](=O)[O-])ccc3o2)c(Br)cc1OCc1cccc(C)c1. The summed E-state index contributed by atoms with van der Waals surface area (Å²) < 4.78 is 17.5. The van der Waals surface area contributed by atoms with Crippen molar-refractivity contribution < 1.29 is 23.6 Å². The molecule has 0 fully saturated rings. The van der Waals surface area contributed by atoms with Gasteiger partial charge in [0.1, 0.15) is 12.2 Å². The lowest BCUT2D eigenvalue weighted by Crippen LogP contribution is -2.16. The zero-order valence-electron chi connectivity index (χ0n) is 18.8. The molecule has 0 saturated carbocycles. The molecule has 0 unspecified atom stereocenters.